The van der Waals surface area contributed by atoms with Gasteiger partial charge in [-0.1, -0.05) is 30.7 Å². The third kappa shape index (κ3) is 7.93. The summed E-state index contributed by atoms with van der Waals surface area (Å²) < 4.78 is 16.5. The second-order valence-corrected chi connectivity index (χ2v) is 10.9. The number of rotatable bonds is 13. The molecule has 2 aromatic heterocycles. The van der Waals surface area contributed by atoms with Gasteiger partial charge in [0.2, 0.25) is 0 Å². The smallest absolute Gasteiger partial charge is 0.354 e. The highest BCUT2D eigenvalue weighted by atomic mass is 35.5. The first-order valence-electron chi connectivity index (χ1n) is 13.9. The van der Waals surface area contributed by atoms with Gasteiger partial charge in [-0.25, -0.2) is 9.18 Å². The summed E-state index contributed by atoms with van der Waals surface area (Å²) in [5, 5.41) is 14.4. The zero-order valence-electron chi connectivity index (χ0n) is 23.4. The molecule has 2 atom stereocenters. The van der Waals surface area contributed by atoms with Crippen LogP contribution in [0.25, 0.3) is 28.0 Å². The fourth-order valence-electron chi connectivity index (χ4n) is 4.81. The summed E-state index contributed by atoms with van der Waals surface area (Å²) in [6.07, 6.45) is 5.98. The zero-order chi connectivity index (χ0) is 29.5. The minimum Gasteiger partial charge on any atom is -0.370 e. The summed E-state index contributed by atoms with van der Waals surface area (Å²) in [5.74, 6) is -0.544. The SMILES string of the molecule is CC[C@H](CCNC(=N)N)NCc1ccc(-n2cc3cc(-c4cc(CCC[C@H](C)N)cc(Cl)c4F)[nH]c3nc2=O)cc1. The van der Waals surface area contributed by atoms with Crippen LogP contribution in [-0.2, 0) is 13.0 Å². The van der Waals surface area contributed by atoms with E-state index in [0.717, 1.165) is 43.2 Å². The van der Waals surface area contributed by atoms with E-state index in [1.54, 1.807) is 24.4 Å². The Balaban J connectivity index is 1.51. The lowest BCUT2D eigenvalue weighted by atomic mass is 10.0. The third-order valence-corrected chi connectivity index (χ3v) is 7.40. The van der Waals surface area contributed by atoms with Gasteiger partial charge < -0.3 is 27.1 Å². The van der Waals surface area contributed by atoms with Crippen LogP contribution in [0.4, 0.5) is 4.39 Å². The molecule has 4 rings (SSSR count). The average molecular weight is 581 g/mol. The predicted molar refractivity (Wildman–Crippen MR) is 164 cm³/mol. The third-order valence-electron chi connectivity index (χ3n) is 7.12. The maximum Gasteiger partial charge on any atom is 0.354 e. The predicted octanol–water partition coefficient (Wildman–Crippen LogP) is 4.58. The average Bonchev–Trinajstić information content (AvgIpc) is 3.34. The van der Waals surface area contributed by atoms with E-state index in [1.165, 1.54) is 4.57 Å². The molecule has 0 fully saturated rings. The normalized spacial score (nSPS) is 12.9. The zero-order valence-corrected chi connectivity index (χ0v) is 24.2. The van der Waals surface area contributed by atoms with Crippen molar-refractivity contribution < 1.29 is 4.39 Å². The Bertz CT molecular complexity index is 1550. The number of nitrogens with zero attached hydrogens (tertiary/aromatic N) is 2. The summed E-state index contributed by atoms with van der Waals surface area (Å²) >= 11 is 6.23. The van der Waals surface area contributed by atoms with Gasteiger partial charge in [-0.15, -0.1) is 0 Å². The molecule has 11 heteroatoms. The first-order valence-corrected chi connectivity index (χ1v) is 14.3. The molecular weight excluding hydrogens is 543 g/mol. The fourth-order valence-corrected chi connectivity index (χ4v) is 5.05. The molecule has 0 radical (unpaired) electrons. The van der Waals surface area contributed by atoms with Crippen LogP contribution >= 0.6 is 11.6 Å². The molecule has 41 heavy (non-hydrogen) atoms. The Labute approximate surface area is 244 Å². The Morgan fingerprint density at radius 1 is 1.20 bits per heavy atom. The Kier molecular flexibility index (Phi) is 10.1. The first-order chi connectivity index (χ1) is 19.6. The molecule has 0 unspecified atom stereocenters. The minimum atomic E-state index is -0.519. The van der Waals surface area contributed by atoms with Crippen LogP contribution in [-0.4, -0.2) is 39.1 Å². The number of benzene rings is 2. The molecule has 0 bridgehead atoms. The van der Waals surface area contributed by atoms with Gasteiger partial charge in [-0.05, 0) is 80.5 Å². The van der Waals surface area contributed by atoms with E-state index in [9.17, 15) is 4.79 Å². The van der Waals surface area contributed by atoms with Crippen molar-refractivity contribution in [1.29, 1.82) is 5.41 Å². The molecule has 0 aliphatic rings. The van der Waals surface area contributed by atoms with Crippen molar-refractivity contribution in [3.8, 4) is 16.9 Å². The lowest BCUT2D eigenvalue weighted by molar-refractivity contribution is 0.465. The minimum absolute atomic E-state index is 0.0243. The molecule has 4 aromatic rings. The lowest BCUT2D eigenvalue weighted by Crippen LogP contribution is -2.36. The van der Waals surface area contributed by atoms with E-state index < -0.39 is 11.5 Å². The highest BCUT2D eigenvalue weighted by molar-refractivity contribution is 6.31. The van der Waals surface area contributed by atoms with E-state index in [2.05, 4.69) is 27.5 Å². The van der Waals surface area contributed by atoms with E-state index in [-0.39, 0.29) is 23.1 Å². The van der Waals surface area contributed by atoms with Crippen molar-refractivity contribution in [2.75, 3.05) is 6.54 Å². The van der Waals surface area contributed by atoms with Gasteiger partial charge in [-0.3, -0.25) is 9.98 Å². The summed E-state index contributed by atoms with van der Waals surface area (Å²) in [4.78, 5) is 20.2. The summed E-state index contributed by atoms with van der Waals surface area (Å²) in [6.45, 7) is 5.38. The molecule has 0 amide bonds. The van der Waals surface area contributed by atoms with Crippen LogP contribution < -0.4 is 27.8 Å². The molecule has 8 N–H and O–H groups in total. The monoisotopic (exact) mass is 580 g/mol. The number of hydrogen-bond acceptors (Lipinski definition) is 5. The Hall–Kier alpha value is -3.73. The number of nitrogens with two attached hydrogens (primary N) is 2. The number of halogens is 2. The van der Waals surface area contributed by atoms with Crippen molar-refractivity contribution >= 4 is 28.6 Å². The van der Waals surface area contributed by atoms with Crippen LogP contribution in [0.15, 0.2) is 53.5 Å². The number of aryl methyl sites for hydroxylation is 1. The van der Waals surface area contributed by atoms with Gasteiger partial charge in [0.25, 0.3) is 0 Å². The molecule has 0 saturated carbocycles. The maximum atomic E-state index is 15.1. The van der Waals surface area contributed by atoms with Gasteiger partial charge in [0.05, 0.1) is 16.4 Å². The van der Waals surface area contributed by atoms with Crippen LogP contribution in [0.2, 0.25) is 5.02 Å². The van der Waals surface area contributed by atoms with Gasteiger partial charge in [-0.2, -0.15) is 4.98 Å². The van der Waals surface area contributed by atoms with Crippen molar-refractivity contribution in [2.45, 2.75) is 64.6 Å². The van der Waals surface area contributed by atoms with Crippen LogP contribution in [0, 0.1) is 11.2 Å². The molecule has 0 aliphatic carbocycles. The molecule has 218 valence electrons. The van der Waals surface area contributed by atoms with Crippen molar-refractivity contribution in [2.24, 2.45) is 11.5 Å². The lowest BCUT2D eigenvalue weighted by Gasteiger charge is -2.17. The molecule has 0 saturated heterocycles. The number of aromatic amines is 1. The van der Waals surface area contributed by atoms with E-state index in [0.29, 0.717) is 41.1 Å². The van der Waals surface area contributed by atoms with E-state index >= 15 is 4.39 Å². The van der Waals surface area contributed by atoms with Crippen LogP contribution in [0.1, 0.15) is 50.7 Å². The van der Waals surface area contributed by atoms with Gasteiger partial charge >= 0.3 is 5.69 Å². The molecule has 2 heterocycles. The first kappa shape index (κ1) is 30.2. The van der Waals surface area contributed by atoms with Crippen LogP contribution in [0.3, 0.4) is 0 Å². The highest BCUT2D eigenvalue weighted by Crippen LogP contribution is 2.31. The fraction of sp³-hybridized carbons (Fsp3) is 0.367. The van der Waals surface area contributed by atoms with Crippen molar-refractivity contribution in [3.63, 3.8) is 0 Å². The van der Waals surface area contributed by atoms with Gasteiger partial charge in [0.15, 0.2) is 11.8 Å². The Morgan fingerprint density at radius 3 is 2.63 bits per heavy atom. The van der Waals surface area contributed by atoms with Crippen molar-refractivity contribution in [1.82, 2.24) is 25.2 Å². The summed E-state index contributed by atoms with van der Waals surface area (Å²) in [7, 11) is 0. The van der Waals surface area contributed by atoms with E-state index in [4.69, 9.17) is 28.5 Å². The largest absolute Gasteiger partial charge is 0.370 e. The Morgan fingerprint density at radius 2 is 1.95 bits per heavy atom. The highest BCUT2D eigenvalue weighted by Gasteiger charge is 2.16. The molecule has 0 spiro atoms. The second-order valence-electron chi connectivity index (χ2n) is 10.5. The van der Waals surface area contributed by atoms with Gasteiger partial charge in [0, 0.05) is 42.3 Å². The topological polar surface area (TPSA) is 151 Å². The molecule has 2 aromatic carbocycles. The number of guanidine groups is 1. The number of aromatic nitrogens is 3. The number of fused-ring (bicyclic) bond motifs is 1. The maximum absolute atomic E-state index is 15.1. The summed E-state index contributed by atoms with van der Waals surface area (Å²) in [6, 6.07) is 13.3. The molecule has 0 aliphatic heterocycles. The van der Waals surface area contributed by atoms with Gasteiger partial charge in [0.1, 0.15) is 5.65 Å². The number of nitrogens with one attached hydrogen (secondary N) is 4. The quantitative estimate of drug-likeness (QED) is 0.101. The molecule has 9 nitrogen and oxygen atoms in total. The van der Waals surface area contributed by atoms with Crippen LogP contribution in [0.5, 0.6) is 0 Å². The molecular formula is C30H38ClFN8O. The standard InChI is InChI=1S/C30H38ClFN8O/c1-3-22(11-12-36-29(34)35)37-16-19-7-9-23(10-8-19)40-17-21-15-26(38-28(21)39-30(40)41)24-13-20(6-4-5-18(2)33)14-25(31)27(24)32/h7-10,13-15,17-18,22,37H,3-6,11-12,16,33H2,1-2H3,(H4,34,35,36)(H,38,39,41)/t18-,22+/m0/s1. The second kappa shape index (κ2) is 13.8. The van der Waals surface area contributed by atoms with E-state index in [1.807, 2.05) is 31.2 Å². The van der Waals surface area contributed by atoms with Crippen molar-refractivity contribution in [3.05, 3.63) is 81.1 Å². The summed E-state index contributed by atoms with van der Waals surface area (Å²) in [5.41, 5.74) is 14.7. The number of H-pyrrole nitrogens is 1. The number of hydrogen-bond donors (Lipinski definition) is 6.